The molecule has 0 spiro atoms. The number of aliphatic carboxylic acids is 1. The number of carboxylic acids is 1. The second-order valence-corrected chi connectivity index (χ2v) is 7.60. The molecule has 112 valence electrons. The van der Waals surface area contributed by atoms with E-state index in [0.29, 0.717) is 23.9 Å². The Balaban J connectivity index is 1.42. The van der Waals surface area contributed by atoms with E-state index in [-0.39, 0.29) is 12.0 Å². The van der Waals surface area contributed by atoms with Gasteiger partial charge in [0.05, 0.1) is 5.92 Å². The number of rotatable bonds is 4. The Bertz CT molecular complexity index is 409. The fraction of sp³-hybridized carbons (Fsp3) is 0.938. The van der Waals surface area contributed by atoms with Gasteiger partial charge in [-0.25, -0.2) is 0 Å². The Morgan fingerprint density at radius 3 is 2.60 bits per heavy atom. The maximum absolute atomic E-state index is 11.6. The van der Waals surface area contributed by atoms with Crippen molar-refractivity contribution in [3.05, 3.63) is 0 Å². The van der Waals surface area contributed by atoms with Crippen LogP contribution < -0.4 is 5.32 Å². The average molecular weight is 278 g/mol. The van der Waals surface area contributed by atoms with Gasteiger partial charge in [-0.05, 0) is 57.3 Å². The summed E-state index contributed by atoms with van der Waals surface area (Å²) in [4.78, 5) is 14.2. The predicted octanol–water partition coefficient (Wildman–Crippen LogP) is 1.70. The van der Waals surface area contributed by atoms with Crippen molar-refractivity contribution >= 4 is 5.97 Å². The highest BCUT2D eigenvalue weighted by Gasteiger charge is 2.52. The molecule has 1 aliphatic heterocycles. The molecule has 4 heteroatoms. The van der Waals surface area contributed by atoms with E-state index in [1.54, 1.807) is 0 Å². The normalized spacial score (nSPS) is 48.0. The van der Waals surface area contributed by atoms with Crippen molar-refractivity contribution < 1.29 is 9.90 Å². The molecule has 2 bridgehead atoms. The van der Waals surface area contributed by atoms with E-state index in [9.17, 15) is 9.90 Å². The van der Waals surface area contributed by atoms with Crippen molar-refractivity contribution in [3.63, 3.8) is 0 Å². The molecule has 4 fully saturated rings. The van der Waals surface area contributed by atoms with Gasteiger partial charge in [0, 0.05) is 30.7 Å². The molecule has 0 amide bonds. The Morgan fingerprint density at radius 1 is 1.15 bits per heavy atom. The van der Waals surface area contributed by atoms with E-state index in [4.69, 9.17) is 0 Å². The minimum Gasteiger partial charge on any atom is -0.481 e. The maximum Gasteiger partial charge on any atom is 0.308 e. The summed E-state index contributed by atoms with van der Waals surface area (Å²) >= 11 is 0. The van der Waals surface area contributed by atoms with Crippen LogP contribution in [0.2, 0.25) is 0 Å². The van der Waals surface area contributed by atoms with Gasteiger partial charge < -0.3 is 10.4 Å². The lowest BCUT2D eigenvalue weighted by Gasteiger charge is -2.31. The Kier molecular flexibility index (Phi) is 3.08. The van der Waals surface area contributed by atoms with Crippen molar-refractivity contribution in [2.24, 2.45) is 17.8 Å². The highest BCUT2D eigenvalue weighted by atomic mass is 16.4. The molecule has 3 aliphatic carbocycles. The Morgan fingerprint density at radius 2 is 1.90 bits per heavy atom. The quantitative estimate of drug-likeness (QED) is 0.822. The van der Waals surface area contributed by atoms with E-state index in [2.05, 4.69) is 17.1 Å². The van der Waals surface area contributed by atoms with Crippen LogP contribution in [0.4, 0.5) is 0 Å². The summed E-state index contributed by atoms with van der Waals surface area (Å²) in [6.07, 6.45) is 7.43. The van der Waals surface area contributed by atoms with E-state index in [1.165, 1.54) is 25.7 Å². The first kappa shape index (κ1) is 13.1. The Labute approximate surface area is 120 Å². The molecule has 0 aromatic rings. The Hall–Kier alpha value is -0.610. The minimum absolute atomic E-state index is 0.126. The molecule has 0 aromatic heterocycles. The van der Waals surface area contributed by atoms with Crippen molar-refractivity contribution in [1.82, 2.24) is 10.2 Å². The lowest BCUT2D eigenvalue weighted by Crippen LogP contribution is -2.49. The number of hydrogen-bond acceptors (Lipinski definition) is 3. The van der Waals surface area contributed by atoms with Gasteiger partial charge in [-0.3, -0.25) is 9.69 Å². The minimum atomic E-state index is -0.570. The molecule has 3 saturated carbocycles. The van der Waals surface area contributed by atoms with Gasteiger partial charge in [0.25, 0.3) is 0 Å². The number of fused-ring (bicyclic) bond motifs is 2. The van der Waals surface area contributed by atoms with Crippen LogP contribution in [0.25, 0.3) is 0 Å². The fourth-order valence-corrected chi connectivity index (χ4v) is 5.25. The number of carbonyl (C=O) groups is 1. The van der Waals surface area contributed by atoms with Crippen molar-refractivity contribution in [2.45, 2.75) is 69.6 Å². The lowest BCUT2D eigenvalue weighted by molar-refractivity contribution is -0.144. The van der Waals surface area contributed by atoms with Gasteiger partial charge in [-0.15, -0.1) is 0 Å². The van der Waals surface area contributed by atoms with Crippen molar-refractivity contribution in [3.8, 4) is 0 Å². The van der Waals surface area contributed by atoms with Crippen LogP contribution in [0, 0.1) is 17.8 Å². The summed E-state index contributed by atoms with van der Waals surface area (Å²) in [5, 5.41) is 13.3. The van der Waals surface area contributed by atoms with E-state index < -0.39 is 5.97 Å². The maximum atomic E-state index is 11.6. The van der Waals surface area contributed by atoms with Crippen molar-refractivity contribution in [1.29, 1.82) is 0 Å². The van der Waals surface area contributed by atoms with Gasteiger partial charge in [0.15, 0.2) is 0 Å². The lowest BCUT2D eigenvalue weighted by atomic mass is 9.84. The second-order valence-electron chi connectivity index (χ2n) is 7.60. The molecule has 4 nitrogen and oxygen atoms in total. The van der Waals surface area contributed by atoms with Crippen LogP contribution in [0.15, 0.2) is 0 Å². The van der Waals surface area contributed by atoms with Crippen LogP contribution in [-0.2, 0) is 4.79 Å². The first-order valence-electron chi connectivity index (χ1n) is 8.38. The summed E-state index contributed by atoms with van der Waals surface area (Å²) in [5.74, 6) is 0.360. The molecule has 2 N–H and O–H groups in total. The van der Waals surface area contributed by atoms with Crippen molar-refractivity contribution in [2.75, 3.05) is 6.54 Å². The van der Waals surface area contributed by atoms with Gasteiger partial charge in [-0.1, -0.05) is 0 Å². The number of likely N-dealkylation sites (tertiary alicyclic amines) is 1. The van der Waals surface area contributed by atoms with Crippen LogP contribution >= 0.6 is 0 Å². The first-order chi connectivity index (χ1) is 9.63. The van der Waals surface area contributed by atoms with Crippen LogP contribution in [0.5, 0.6) is 0 Å². The molecular weight excluding hydrogens is 252 g/mol. The van der Waals surface area contributed by atoms with Crippen LogP contribution in [-0.4, -0.2) is 46.7 Å². The summed E-state index contributed by atoms with van der Waals surface area (Å²) in [5.41, 5.74) is 0. The number of nitrogens with zero attached hydrogens (tertiary/aromatic N) is 1. The van der Waals surface area contributed by atoms with Gasteiger partial charge in [0.1, 0.15) is 0 Å². The SMILES string of the molecule is CC1CC(NC2C3CCC(C3)C2C(=O)O)CN1C1CC1. The molecule has 1 heterocycles. The topological polar surface area (TPSA) is 52.6 Å². The third-order valence-electron chi connectivity index (χ3n) is 6.27. The number of carboxylic acid groups (broad SMARTS) is 1. The summed E-state index contributed by atoms with van der Waals surface area (Å²) in [7, 11) is 0. The zero-order valence-electron chi connectivity index (χ0n) is 12.3. The highest BCUT2D eigenvalue weighted by Crippen LogP contribution is 2.49. The molecule has 20 heavy (non-hydrogen) atoms. The fourth-order valence-electron chi connectivity index (χ4n) is 5.25. The average Bonchev–Trinajstić information content (AvgIpc) is 2.88. The molecule has 1 saturated heterocycles. The molecule has 0 aromatic carbocycles. The second kappa shape index (κ2) is 4.70. The number of nitrogens with one attached hydrogen (secondary N) is 1. The van der Waals surface area contributed by atoms with E-state index >= 15 is 0 Å². The molecule has 0 radical (unpaired) electrons. The first-order valence-corrected chi connectivity index (χ1v) is 8.38. The molecule has 6 atom stereocenters. The van der Waals surface area contributed by atoms with Gasteiger partial charge >= 0.3 is 5.97 Å². The molecule has 4 rings (SSSR count). The largest absolute Gasteiger partial charge is 0.481 e. The molecular formula is C16H26N2O2. The molecule has 4 aliphatic rings. The highest BCUT2D eigenvalue weighted by molar-refractivity contribution is 5.72. The predicted molar refractivity (Wildman–Crippen MR) is 76.5 cm³/mol. The zero-order chi connectivity index (χ0) is 13.9. The molecule has 6 unspecified atom stereocenters. The standard InChI is InChI=1S/C16H26N2O2/c1-9-6-12(8-18(9)13-4-5-13)17-15-11-3-2-10(7-11)14(15)16(19)20/h9-15,17H,2-8H2,1H3,(H,19,20). The van der Waals surface area contributed by atoms with Gasteiger partial charge in [0.2, 0.25) is 0 Å². The monoisotopic (exact) mass is 278 g/mol. The van der Waals surface area contributed by atoms with Crippen LogP contribution in [0.1, 0.15) is 45.4 Å². The van der Waals surface area contributed by atoms with E-state index in [1.807, 2.05) is 0 Å². The van der Waals surface area contributed by atoms with Crippen LogP contribution in [0.3, 0.4) is 0 Å². The smallest absolute Gasteiger partial charge is 0.308 e. The van der Waals surface area contributed by atoms with Gasteiger partial charge in [-0.2, -0.15) is 0 Å². The third kappa shape index (κ3) is 2.08. The van der Waals surface area contributed by atoms with E-state index in [0.717, 1.165) is 25.4 Å². The third-order valence-corrected chi connectivity index (χ3v) is 6.27. The summed E-state index contributed by atoms with van der Waals surface area (Å²) in [6, 6.07) is 2.24. The summed E-state index contributed by atoms with van der Waals surface area (Å²) < 4.78 is 0. The summed E-state index contributed by atoms with van der Waals surface area (Å²) in [6.45, 7) is 3.46. The number of hydrogen-bond donors (Lipinski definition) is 2. The zero-order valence-corrected chi connectivity index (χ0v) is 12.3.